The van der Waals surface area contributed by atoms with Gasteiger partial charge in [-0.2, -0.15) is 0 Å². The van der Waals surface area contributed by atoms with E-state index in [2.05, 4.69) is 78.6 Å². The number of nitrogens with one attached hydrogen (secondary N) is 1. The van der Waals surface area contributed by atoms with Gasteiger partial charge in [0.1, 0.15) is 0 Å². The molecule has 3 heteroatoms. The van der Waals surface area contributed by atoms with Crippen molar-refractivity contribution in [3.05, 3.63) is 66.0 Å². The summed E-state index contributed by atoms with van der Waals surface area (Å²) in [4.78, 5) is 6.47. The highest BCUT2D eigenvalue weighted by atomic mass is 15.1. The van der Waals surface area contributed by atoms with Gasteiger partial charge < -0.3 is 10.2 Å². The van der Waals surface area contributed by atoms with Gasteiger partial charge in [0.2, 0.25) is 0 Å². The molecule has 1 aromatic heterocycles. The fraction of sp³-hybridized carbons (Fsp3) is 0.389. The zero-order valence-electron chi connectivity index (χ0n) is 13.2. The predicted octanol–water partition coefficient (Wildman–Crippen LogP) is 3.10. The molecule has 0 aliphatic rings. The van der Waals surface area contributed by atoms with Crippen LogP contribution < -0.4 is 5.32 Å². The van der Waals surface area contributed by atoms with E-state index in [1.807, 2.05) is 12.4 Å². The van der Waals surface area contributed by atoms with Crippen molar-refractivity contribution in [2.45, 2.75) is 25.9 Å². The molecule has 0 bridgehead atoms. The van der Waals surface area contributed by atoms with Gasteiger partial charge in [-0.05, 0) is 44.2 Å². The second-order valence-corrected chi connectivity index (χ2v) is 5.65. The van der Waals surface area contributed by atoms with Crippen molar-refractivity contribution in [2.24, 2.45) is 0 Å². The third-order valence-electron chi connectivity index (χ3n) is 3.87. The van der Waals surface area contributed by atoms with Crippen molar-refractivity contribution >= 4 is 0 Å². The van der Waals surface area contributed by atoms with Gasteiger partial charge in [0, 0.05) is 31.5 Å². The smallest absolute Gasteiger partial charge is 0.0578 e. The molecule has 1 aromatic carbocycles. The number of nitrogens with zero attached hydrogens (tertiary/aromatic N) is 2. The number of benzene rings is 1. The average Bonchev–Trinajstić information content (AvgIpc) is 2.53. The van der Waals surface area contributed by atoms with Gasteiger partial charge in [0.05, 0.1) is 6.04 Å². The lowest BCUT2D eigenvalue weighted by molar-refractivity contribution is 0.271. The van der Waals surface area contributed by atoms with Crippen LogP contribution in [0.2, 0.25) is 0 Å². The highest BCUT2D eigenvalue weighted by Gasteiger charge is 2.13. The molecule has 0 saturated heterocycles. The van der Waals surface area contributed by atoms with Crippen molar-refractivity contribution in [2.75, 3.05) is 20.1 Å². The maximum Gasteiger partial charge on any atom is 0.0578 e. The molecule has 0 aliphatic carbocycles. The lowest BCUT2D eigenvalue weighted by Crippen LogP contribution is -2.35. The van der Waals surface area contributed by atoms with Crippen molar-refractivity contribution in [1.29, 1.82) is 0 Å². The van der Waals surface area contributed by atoms with E-state index in [1.165, 1.54) is 11.1 Å². The van der Waals surface area contributed by atoms with E-state index in [1.54, 1.807) is 0 Å². The van der Waals surface area contributed by atoms with Crippen LogP contribution in [-0.4, -0.2) is 36.1 Å². The largest absolute Gasteiger partial charge is 0.305 e. The summed E-state index contributed by atoms with van der Waals surface area (Å²) in [7, 11) is 2.16. The SMILES string of the molecule is CC(C)N(C)CCNC(c1ccccc1)c1ccncc1. The molecule has 0 amide bonds. The highest BCUT2D eigenvalue weighted by Crippen LogP contribution is 2.20. The van der Waals surface area contributed by atoms with Crippen LogP contribution in [0.25, 0.3) is 0 Å². The van der Waals surface area contributed by atoms with Crippen LogP contribution in [0.3, 0.4) is 0 Å². The Morgan fingerprint density at radius 2 is 1.62 bits per heavy atom. The first-order valence-corrected chi connectivity index (χ1v) is 7.57. The molecule has 112 valence electrons. The summed E-state index contributed by atoms with van der Waals surface area (Å²) < 4.78 is 0. The lowest BCUT2D eigenvalue weighted by atomic mass is 10.00. The summed E-state index contributed by atoms with van der Waals surface area (Å²) >= 11 is 0. The molecule has 0 fully saturated rings. The van der Waals surface area contributed by atoms with Gasteiger partial charge >= 0.3 is 0 Å². The second kappa shape index (κ2) is 7.91. The summed E-state index contributed by atoms with van der Waals surface area (Å²) in [5.74, 6) is 0. The molecular formula is C18H25N3. The number of rotatable bonds is 7. The van der Waals surface area contributed by atoms with Crippen molar-refractivity contribution in [3.63, 3.8) is 0 Å². The maximum absolute atomic E-state index is 4.12. The summed E-state index contributed by atoms with van der Waals surface area (Å²) in [6.07, 6.45) is 3.71. The Morgan fingerprint density at radius 1 is 1.00 bits per heavy atom. The number of hydrogen-bond donors (Lipinski definition) is 1. The minimum atomic E-state index is 0.217. The Kier molecular flexibility index (Phi) is 5.90. The summed E-state index contributed by atoms with van der Waals surface area (Å²) in [6.45, 7) is 6.43. The van der Waals surface area contributed by atoms with Gasteiger partial charge in [0.25, 0.3) is 0 Å². The fourth-order valence-electron chi connectivity index (χ4n) is 2.27. The first-order chi connectivity index (χ1) is 10.2. The van der Waals surface area contributed by atoms with Gasteiger partial charge in [-0.1, -0.05) is 30.3 Å². The molecule has 1 unspecified atom stereocenters. The van der Waals surface area contributed by atoms with E-state index in [4.69, 9.17) is 0 Å². The molecule has 0 saturated carbocycles. The van der Waals surface area contributed by atoms with E-state index in [0.717, 1.165) is 13.1 Å². The molecule has 2 aromatic rings. The van der Waals surface area contributed by atoms with Crippen molar-refractivity contribution < 1.29 is 0 Å². The van der Waals surface area contributed by atoms with Crippen LogP contribution in [-0.2, 0) is 0 Å². The van der Waals surface area contributed by atoms with E-state index in [0.29, 0.717) is 6.04 Å². The molecule has 21 heavy (non-hydrogen) atoms. The first kappa shape index (κ1) is 15.7. The Balaban J connectivity index is 2.07. The van der Waals surface area contributed by atoms with Crippen LogP contribution in [0, 0.1) is 0 Å². The van der Waals surface area contributed by atoms with E-state index in [9.17, 15) is 0 Å². The molecular weight excluding hydrogens is 258 g/mol. The van der Waals surface area contributed by atoms with Crippen LogP contribution >= 0.6 is 0 Å². The number of aromatic nitrogens is 1. The Bertz CT molecular complexity index is 471. The highest BCUT2D eigenvalue weighted by molar-refractivity contribution is 5.30. The van der Waals surface area contributed by atoms with Crippen molar-refractivity contribution in [3.8, 4) is 0 Å². The van der Waals surface area contributed by atoms with E-state index >= 15 is 0 Å². The van der Waals surface area contributed by atoms with Crippen LogP contribution in [0.5, 0.6) is 0 Å². The molecule has 0 spiro atoms. The second-order valence-electron chi connectivity index (χ2n) is 5.65. The van der Waals surface area contributed by atoms with Gasteiger partial charge in [0.15, 0.2) is 0 Å². The number of hydrogen-bond acceptors (Lipinski definition) is 3. The molecule has 1 atom stereocenters. The molecule has 0 aliphatic heterocycles. The number of pyridine rings is 1. The molecule has 2 rings (SSSR count). The number of likely N-dealkylation sites (N-methyl/N-ethyl adjacent to an activating group) is 1. The summed E-state index contributed by atoms with van der Waals surface area (Å²) in [5, 5.41) is 3.67. The molecule has 1 heterocycles. The third-order valence-corrected chi connectivity index (χ3v) is 3.87. The third kappa shape index (κ3) is 4.66. The monoisotopic (exact) mass is 283 g/mol. The summed E-state index contributed by atoms with van der Waals surface area (Å²) in [5.41, 5.74) is 2.54. The van der Waals surface area contributed by atoms with Gasteiger partial charge in [-0.15, -0.1) is 0 Å². The fourth-order valence-corrected chi connectivity index (χ4v) is 2.27. The Labute approximate surface area is 128 Å². The lowest BCUT2D eigenvalue weighted by Gasteiger charge is -2.24. The zero-order valence-corrected chi connectivity index (χ0v) is 13.2. The van der Waals surface area contributed by atoms with Gasteiger partial charge in [-0.3, -0.25) is 4.98 Å². The zero-order chi connectivity index (χ0) is 15.1. The van der Waals surface area contributed by atoms with E-state index < -0.39 is 0 Å². The first-order valence-electron chi connectivity index (χ1n) is 7.57. The molecule has 0 radical (unpaired) electrons. The van der Waals surface area contributed by atoms with Crippen molar-refractivity contribution in [1.82, 2.24) is 15.2 Å². The minimum absolute atomic E-state index is 0.217. The Morgan fingerprint density at radius 3 is 2.24 bits per heavy atom. The predicted molar refractivity (Wildman–Crippen MR) is 88.3 cm³/mol. The van der Waals surface area contributed by atoms with E-state index in [-0.39, 0.29) is 6.04 Å². The minimum Gasteiger partial charge on any atom is -0.305 e. The van der Waals surface area contributed by atoms with Crippen LogP contribution in [0.4, 0.5) is 0 Å². The molecule has 1 N–H and O–H groups in total. The normalized spacial score (nSPS) is 12.8. The van der Waals surface area contributed by atoms with Crippen LogP contribution in [0.15, 0.2) is 54.9 Å². The van der Waals surface area contributed by atoms with Gasteiger partial charge in [-0.25, -0.2) is 0 Å². The van der Waals surface area contributed by atoms with Crippen LogP contribution in [0.1, 0.15) is 31.0 Å². The average molecular weight is 283 g/mol. The molecule has 3 nitrogen and oxygen atoms in total. The quantitative estimate of drug-likeness (QED) is 0.846. The standard InChI is InChI=1S/C18H25N3/c1-15(2)21(3)14-13-20-18(16-7-5-4-6-8-16)17-9-11-19-12-10-17/h4-12,15,18,20H,13-14H2,1-3H3. The Hall–Kier alpha value is -1.71. The topological polar surface area (TPSA) is 28.2 Å². The summed E-state index contributed by atoms with van der Waals surface area (Å²) in [6, 6.07) is 15.5. The maximum atomic E-state index is 4.12.